The van der Waals surface area contributed by atoms with Gasteiger partial charge < -0.3 is 20.1 Å². The largest absolute Gasteiger partial charge is 0.393 e. The fourth-order valence-corrected chi connectivity index (χ4v) is 3.45. The second-order valence-electron chi connectivity index (χ2n) is 7.07. The van der Waals surface area contributed by atoms with Crippen LogP contribution in [0.25, 0.3) is 11.4 Å². The lowest BCUT2D eigenvalue weighted by atomic mass is 10.1. The average molecular weight is 368 g/mol. The van der Waals surface area contributed by atoms with Gasteiger partial charge >= 0.3 is 0 Å². The van der Waals surface area contributed by atoms with Gasteiger partial charge in [0.1, 0.15) is 5.82 Å². The van der Waals surface area contributed by atoms with E-state index in [-0.39, 0.29) is 18.1 Å². The van der Waals surface area contributed by atoms with Crippen molar-refractivity contribution >= 4 is 11.7 Å². The number of piperidine rings is 1. The molecule has 0 spiro atoms. The molecule has 27 heavy (non-hydrogen) atoms. The highest BCUT2D eigenvalue weighted by Gasteiger charge is 2.20. The highest BCUT2D eigenvalue weighted by atomic mass is 16.5. The first-order chi connectivity index (χ1) is 13.2. The number of benzene rings is 1. The molecule has 2 aromatic rings. The summed E-state index contributed by atoms with van der Waals surface area (Å²) < 4.78 is 5.29. The Hall–Kier alpha value is -2.51. The van der Waals surface area contributed by atoms with Crippen LogP contribution in [0.4, 0.5) is 5.82 Å². The number of hydrogen-bond acceptors (Lipinski definition) is 6. The topological polar surface area (TPSA) is 87.6 Å². The summed E-state index contributed by atoms with van der Waals surface area (Å²) in [5, 5.41) is 12.7. The van der Waals surface area contributed by atoms with E-state index < -0.39 is 0 Å². The van der Waals surface area contributed by atoms with Gasteiger partial charge in [0.25, 0.3) is 5.91 Å². The van der Waals surface area contributed by atoms with Gasteiger partial charge in [0.05, 0.1) is 18.8 Å². The highest BCUT2D eigenvalue weighted by Crippen LogP contribution is 2.22. The summed E-state index contributed by atoms with van der Waals surface area (Å²) in [5.41, 5.74) is 1.49. The Morgan fingerprint density at radius 1 is 1.15 bits per heavy atom. The number of aromatic nitrogens is 2. The van der Waals surface area contributed by atoms with Crippen LogP contribution in [-0.4, -0.2) is 59.4 Å². The number of carbonyl (C=O) groups excluding carboxylic acids is 1. The van der Waals surface area contributed by atoms with Crippen LogP contribution >= 0.6 is 0 Å². The monoisotopic (exact) mass is 368 g/mol. The maximum Gasteiger partial charge on any atom is 0.251 e. The van der Waals surface area contributed by atoms with E-state index in [1.54, 1.807) is 18.3 Å². The van der Waals surface area contributed by atoms with E-state index in [0.29, 0.717) is 24.6 Å². The Morgan fingerprint density at radius 2 is 1.93 bits per heavy atom. The Labute approximate surface area is 158 Å². The minimum absolute atomic E-state index is 0.0846. The molecule has 2 aliphatic rings. The average Bonchev–Trinajstić information content (AvgIpc) is 3.22. The molecule has 1 atom stereocenters. The molecular weight excluding hydrogens is 344 g/mol. The number of carbonyl (C=O) groups is 1. The van der Waals surface area contributed by atoms with Crippen molar-refractivity contribution in [2.24, 2.45) is 0 Å². The first-order valence-corrected chi connectivity index (χ1v) is 9.44. The predicted molar refractivity (Wildman–Crippen MR) is 102 cm³/mol. The van der Waals surface area contributed by atoms with Gasteiger partial charge in [-0.2, -0.15) is 0 Å². The number of hydrogen-bond donors (Lipinski definition) is 2. The lowest BCUT2D eigenvalue weighted by molar-refractivity contribution is 0.0930. The van der Waals surface area contributed by atoms with Crippen LogP contribution < -0.4 is 10.2 Å². The molecule has 4 rings (SSSR count). The molecule has 142 valence electrons. The molecule has 7 nitrogen and oxygen atoms in total. The van der Waals surface area contributed by atoms with Crippen molar-refractivity contribution in [3.8, 4) is 11.4 Å². The second-order valence-corrected chi connectivity index (χ2v) is 7.07. The third-order valence-electron chi connectivity index (χ3n) is 5.10. The lowest BCUT2D eigenvalue weighted by Crippen LogP contribution is -2.36. The first kappa shape index (κ1) is 17.9. The zero-order valence-electron chi connectivity index (χ0n) is 15.2. The van der Waals surface area contributed by atoms with Gasteiger partial charge in [-0.3, -0.25) is 4.79 Å². The number of anilines is 1. The molecule has 2 N–H and O–H groups in total. The van der Waals surface area contributed by atoms with Gasteiger partial charge in [-0.15, -0.1) is 0 Å². The minimum atomic E-state index is -0.211. The van der Waals surface area contributed by atoms with Crippen molar-refractivity contribution in [1.82, 2.24) is 15.3 Å². The van der Waals surface area contributed by atoms with E-state index in [0.717, 1.165) is 43.7 Å². The standard InChI is InChI=1S/C20H24N4O3/c25-17-6-10-24(11-7-17)18-5-9-21-19(23-18)14-1-3-15(4-2-14)20(26)22-16-8-12-27-13-16/h1-5,9,16-17,25H,6-8,10-13H2,(H,22,26). The SMILES string of the molecule is O=C(NC1CCOC1)c1ccc(-c2nccc(N3CCC(O)CC3)n2)cc1. The van der Waals surface area contributed by atoms with Crippen molar-refractivity contribution in [2.45, 2.75) is 31.4 Å². The predicted octanol–water partition coefficient (Wildman–Crippen LogP) is 1.62. The van der Waals surface area contributed by atoms with Gasteiger partial charge in [0.15, 0.2) is 5.82 Å². The van der Waals surface area contributed by atoms with Crippen LogP contribution in [0.2, 0.25) is 0 Å². The van der Waals surface area contributed by atoms with Crippen LogP contribution in [0.15, 0.2) is 36.5 Å². The van der Waals surface area contributed by atoms with Crippen LogP contribution in [0, 0.1) is 0 Å². The number of aliphatic hydroxyl groups excluding tert-OH is 1. The fourth-order valence-electron chi connectivity index (χ4n) is 3.45. The minimum Gasteiger partial charge on any atom is -0.393 e. The number of rotatable bonds is 4. The van der Waals surface area contributed by atoms with Crippen molar-refractivity contribution < 1.29 is 14.6 Å². The molecule has 1 amide bonds. The maximum absolute atomic E-state index is 12.3. The molecule has 0 aliphatic carbocycles. The van der Waals surface area contributed by atoms with E-state index >= 15 is 0 Å². The summed E-state index contributed by atoms with van der Waals surface area (Å²) in [6.07, 6.45) is 3.92. The summed E-state index contributed by atoms with van der Waals surface area (Å²) >= 11 is 0. The van der Waals surface area contributed by atoms with Crippen molar-refractivity contribution in [3.63, 3.8) is 0 Å². The molecule has 2 aliphatic heterocycles. The smallest absolute Gasteiger partial charge is 0.251 e. The van der Waals surface area contributed by atoms with E-state index in [2.05, 4.69) is 20.2 Å². The molecule has 0 radical (unpaired) electrons. The number of nitrogens with one attached hydrogen (secondary N) is 1. The molecule has 1 aromatic carbocycles. The first-order valence-electron chi connectivity index (χ1n) is 9.44. The highest BCUT2D eigenvalue weighted by molar-refractivity contribution is 5.94. The van der Waals surface area contributed by atoms with E-state index in [1.807, 2.05) is 18.2 Å². The van der Waals surface area contributed by atoms with Crippen molar-refractivity contribution in [1.29, 1.82) is 0 Å². The summed E-state index contributed by atoms with van der Waals surface area (Å²) in [6, 6.07) is 9.34. The third-order valence-corrected chi connectivity index (χ3v) is 5.10. The molecule has 0 saturated carbocycles. The summed E-state index contributed by atoms with van der Waals surface area (Å²) in [4.78, 5) is 23.5. The Balaban J connectivity index is 1.45. The third kappa shape index (κ3) is 4.26. The van der Waals surface area contributed by atoms with Crippen LogP contribution in [0.5, 0.6) is 0 Å². The summed E-state index contributed by atoms with van der Waals surface area (Å²) in [7, 11) is 0. The number of amides is 1. The van der Waals surface area contributed by atoms with E-state index in [1.165, 1.54) is 0 Å². The van der Waals surface area contributed by atoms with Gasteiger partial charge in [0, 0.05) is 37.0 Å². The Morgan fingerprint density at radius 3 is 2.63 bits per heavy atom. The quantitative estimate of drug-likeness (QED) is 0.853. The van der Waals surface area contributed by atoms with Crippen LogP contribution in [0.3, 0.4) is 0 Å². The zero-order chi connectivity index (χ0) is 18.6. The molecular formula is C20H24N4O3. The number of nitrogens with zero attached hydrogens (tertiary/aromatic N) is 3. The molecule has 1 aromatic heterocycles. The molecule has 3 heterocycles. The van der Waals surface area contributed by atoms with Crippen LogP contribution in [0.1, 0.15) is 29.6 Å². The van der Waals surface area contributed by atoms with Gasteiger partial charge in [-0.25, -0.2) is 9.97 Å². The lowest BCUT2D eigenvalue weighted by Gasteiger charge is -2.30. The molecule has 2 saturated heterocycles. The zero-order valence-corrected chi connectivity index (χ0v) is 15.2. The molecule has 1 unspecified atom stereocenters. The maximum atomic E-state index is 12.3. The van der Waals surface area contributed by atoms with Gasteiger partial charge in [-0.1, -0.05) is 12.1 Å². The van der Waals surface area contributed by atoms with Crippen molar-refractivity contribution in [2.75, 3.05) is 31.2 Å². The Kier molecular flexibility index (Phi) is 5.31. The molecule has 2 fully saturated rings. The van der Waals surface area contributed by atoms with E-state index in [4.69, 9.17) is 4.74 Å². The fraction of sp³-hybridized carbons (Fsp3) is 0.450. The van der Waals surface area contributed by atoms with Gasteiger partial charge in [0.2, 0.25) is 0 Å². The second kappa shape index (κ2) is 8.02. The van der Waals surface area contributed by atoms with Crippen molar-refractivity contribution in [3.05, 3.63) is 42.1 Å². The molecule has 0 bridgehead atoms. The summed E-state index contributed by atoms with van der Waals surface area (Å²) in [5.74, 6) is 1.42. The van der Waals surface area contributed by atoms with Crippen LogP contribution in [-0.2, 0) is 4.74 Å². The molecule has 7 heteroatoms. The number of aliphatic hydroxyl groups is 1. The van der Waals surface area contributed by atoms with Gasteiger partial charge in [-0.05, 0) is 37.5 Å². The normalized spacial score (nSPS) is 20.6. The Bertz CT molecular complexity index is 782. The van der Waals surface area contributed by atoms with E-state index in [9.17, 15) is 9.90 Å². The summed E-state index contributed by atoms with van der Waals surface area (Å²) in [6.45, 7) is 2.87. The number of ether oxygens (including phenoxy) is 1.